The number of alkyl halides is 2. The summed E-state index contributed by atoms with van der Waals surface area (Å²) in [4.78, 5) is 22.4. The van der Waals surface area contributed by atoms with Crippen LogP contribution < -0.4 is 5.32 Å². The van der Waals surface area contributed by atoms with Crippen LogP contribution in [0.3, 0.4) is 0 Å². The van der Waals surface area contributed by atoms with Crippen LogP contribution >= 0.6 is 0 Å². The van der Waals surface area contributed by atoms with E-state index in [2.05, 4.69) is 0 Å². The second-order valence-corrected chi connectivity index (χ2v) is 3.08. The first-order chi connectivity index (χ1) is 7.92. The molecule has 0 heterocycles. The average molecular weight is 256 g/mol. The summed E-state index contributed by atoms with van der Waals surface area (Å²) < 4.78 is 24.2. The SMILES string of the molecule is O=C(O)[C@@H](CO)NC(=O)N(CCO)CC(F)F. The van der Waals surface area contributed by atoms with Crippen molar-refractivity contribution in [3.63, 3.8) is 0 Å². The van der Waals surface area contributed by atoms with Gasteiger partial charge in [0.25, 0.3) is 6.43 Å². The Balaban J connectivity index is 4.44. The van der Waals surface area contributed by atoms with E-state index in [9.17, 15) is 18.4 Å². The first kappa shape index (κ1) is 15.5. The zero-order valence-electron chi connectivity index (χ0n) is 8.84. The molecule has 0 radical (unpaired) electrons. The summed E-state index contributed by atoms with van der Waals surface area (Å²) in [5, 5.41) is 27.6. The van der Waals surface area contributed by atoms with Crippen LogP contribution in [0.15, 0.2) is 0 Å². The topological polar surface area (TPSA) is 110 Å². The number of amides is 2. The van der Waals surface area contributed by atoms with E-state index >= 15 is 0 Å². The van der Waals surface area contributed by atoms with Crippen LogP contribution in [0.2, 0.25) is 0 Å². The molecule has 0 aromatic carbocycles. The number of aliphatic hydroxyl groups is 2. The van der Waals surface area contributed by atoms with Crippen LogP contribution in [0.4, 0.5) is 13.6 Å². The minimum absolute atomic E-state index is 0.353. The molecule has 17 heavy (non-hydrogen) atoms. The summed E-state index contributed by atoms with van der Waals surface area (Å²) in [6.07, 6.45) is -2.80. The number of halogens is 2. The minimum Gasteiger partial charge on any atom is -0.480 e. The van der Waals surface area contributed by atoms with Crippen LogP contribution in [0.25, 0.3) is 0 Å². The fourth-order valence-electron chi connectivity index (χ4n) is 0.989. The molecule has 0 saturated carbocycles. The number of carbonyl (C=O) groups excluding carboxylic acids is 1. The Morgan fingerprint density at radius 1 is 1.29 bits per heavy atom. The first-order valence-electron chi connectivity index (χ1n) is 4.70. The van der Waals surface area contributed by atoms with Gasteiger partial charge in [-0.15, -0.1) is 0 Å². The molecule has 0 aromatic rings. The number of aliphatic carboxylic acids is 1. The standard InChI is InChI=1S/C8H14F2N2O5/c9-6(10)3-12(1-2-13)8(17)11-5(4-14)7(15)16/h5-6,13-14H,1-4H2,(H,11,17)(H,15,16)/t5-/m1/s1. The maximum atomic E-state index is 12.1. The van der Waals surface area contributed by atoms with Crippen molar-refractivity contribution in [3.8, 4) is 0 Å². The average Bonchev–Trinajstić information content (AvgIpc) is 2.23. The molecule has 0 spiro atoms. The Kier molecular flexibility index (Phi) is 7.06. The van der Waals surface area contributed by atoms with E-state index in [1.54, 1.807) is 0 Å². The van der Waals surface area contributed by atoms with Crippen molar-refractivity contribution in [2.45, 2.75) is 12.5 Å². The van der Waals surface area contributed by atoms with Crippen LogP contribution in [0.5, 0.6) is 0 Å². The van der Waals surface area contributed by atoms with Gasteiger partial charge in [-0.3, -0.25) is 0 Å². The van der Waals surface area contributed by atoms with Crippen molar-refractivity contribution in [3.05, 3.63) is 0 Å². The Hall–Kier alpha value is -1.48. The molecule has 0 aromatic heterocycles. The Labute approximate surface area is 95.6 Å². The summed E-state index contributed by atoms with van der Waals surface area (Å²) in [5.41, 5.74) is 0. The van der Waals surface area contributed by atoms with Crippen LogP contribution in [-0.4, -0.2) is 71.0 Å². The van der Waals surface area contributed by atoms with Crippen molar-refractivity contribution in [1.82, 2.24) is 10.2 Å². The van der Waals surface area contributed by atoms with Gasteiger partial charge < -0.3 is 25.5 Å². The molecule has 9 heteroatoms. The summed E-state index contributed by atoms with van der Waals surface area (Å²) in [7, 11) is 0. The van der Waals surface area contributed by atoms with Crippen LogP contribution in [-0.2, 0) is 4.79 Å². The number of hydrogen-bond donors (Lipinski definition) is 4. The number of urea groups is 1. The molecule has 0 aliphatic heterocycles. The third-order valence-corrected chi connectivity index (χ3v) is 1.79. The monoisotopic (exact) mass is 256 g/mol. The highest BCUT2D eigenvalue weighted by molar-refractivity contribution is 5.82. The molecule has 0 unspecified atom stereocenters. The summed E-state index contributed by atoms with van der Waals surface area (Å²) >= 11 is 0. The maximum Gasteiger partial charge on any atom is 0.328 e. The molecule has 0 bridgehead atoms. The molecule has 100 valence electrons. The smallest absolute Gasteiger partial charge is 0.328 e. The van der Waals surface area contributed by atoms with Gasteiger partial charge in [0.1, 0.15) is 0 Å². The van der Waals surface area contributed by atoms with Crippen molar-refractivity contribution in [1.29, 1.82) is 0 Å². The van der Waals surface area contributed by atoms with Gasteiger partial charge in [-0.2, -0.15) is 0 Å². The molecule has 0 saturated heterocycles. The number of nitrogens with zero attached hydrogens (tertiary/aromatic N) is 1. The maximum absolute atomic E-state index is 12.1. The van der Waals surface area contributed by atoms with Gasteiger partial charge in [0.15, 0.2) is 6.04 Å². The highest BCUT2D eigenvalue weighted by Crippen LogP contribution is 1.99. The van der Waals surface area contributed by atoms with Gasteiger partial charge in [-0.25, -0.2) is 18.4 Å². The Morgan fingerprint density at radius 2 is 1.88 bits per heavy atom. The predicted octanol–water partition coefficient (Wildman–Crippen LogP) is -1.30. The lowest BCUT2D eigenvalue weighted by Gasteiger charge is -2.23. The number of rotatable bonds is 7. The quantitative estimate of drug-likeness (QED) is 0.452. The minimum atomic E-state index is -2.80. The van der Waals surface area contributed by atoms with Crippen molar-refractivity contribution in [2.75, 3.05) is 26.3 Å². The van der Waals surface area contributed by atoms with E-state index in [4.69, 9.17) is 15.3 Å². The number of carboxylic acids is 1. The molecule has 0 aliphatic carbocycles. The van der Waals surface area contributed by atoms with Gasteiger partial charge in [-0.05, 0) is 0 Å². The molecule has 0 aliphatic rings. The first-order valence-corrected chi connectivity index (χ1v) is 4.70. The van der Waals surface area contributed by atoms with E-state index in [1.165, 1.54) is 0 Å². The van der Waals surface area contributed by atoms with Crippen molar-refractivity contribution < 1.29 is 33.7 Å². The van der Waals surface area contributed by atoms with Crippen LogP contribution in [0, 0.1) is 0 Å². The fraction of sp³-hybridized carbons (Fsp3) is 0.750. The summed E-state index contributed by atoms with van der Waals surface area (Å²) in [6, 6.07) is -2.65. The van der Waals surface area contributed by atoms with Crippen molar-refractivity contribution >= 4 is 12.0 Å². The number of aliphatic hydroxyl groups excluding tert-OH is 2. The lowest BCUT2D eigenvalue weighted by Crippen LogP contribution is -2.51. The largest absolute Gasteiger partial charge is 0.480 e. The molecule has 0 rings (SSSR count). The third-order valence-electron chi connectivity index (χ3n) is 1.79. The van der Waals surface area contributed by atoms with E-state index in [1.807, 2.05) is 5.32 Å². The number of carboxylic acid groups (broad SMARTS) is 1. The van der Waals surface area contributed by atoms with Gasteiger partial charge in [0, 0.05) is 6.54 Å². The van der Waals surface area contributed by atoms with Gasteiger partial charge >= 0.3 is 12.0 Å². The lowest BCUT2D eigenvalue weighted by atomic mass is 10.3. The molecule has 2 amide bonds. The molecule has 4 N–H and O–H groups in total. The molecule has 1 atom stereocenters. The lowest BCUT2D eigenvalue weighted by molar-refractivity contribution is -0.140. The molecular weight excluding hydrogens is 242 g/mol. The van der Waals surface area contributed by atoms with Crippen molar-refractivity contribution in [2.24, 2.45) is 0 Å². The van der Waals surface area contributed by atoms with Gasteiger partial charge in [0.05, 0.1) is 19.8 Å². The third kappa shape index (κ3) is 5.97. The Bertz CT molecular complexity index is 264. The van der Waals surface area contributed by atoms with E-state index in [-0.39, 0.29) is 6.54 Å². The summed E-state index contributed by atoms with van der Waals surface area (Å²) in [5.74, 6) is -1.48. The Morgan fingerprint density at radius 3 is 2.24 bits per heavy atom. The number of nitrogens with one attached hydrogen (secondary N) is 1. The normalized spacial score (nSPS) is 12.3. The van der Waals surface area contributed by atoms with Gasteiger partial charge in [-0.1, -0.05) is 0 Å². The van der Waals surface area contributed by atoms with Gasteiger partial charge in [0.2, 0.25) is 0 Å². The molecule has 7 nitrogen and oxygen atoms in total. The van der Waals surface area contributed by atoms with E-state index in [0.717, 1.165) is 0 Å². The molecule has 0 fully saturated rings. The number of hydrogen-bond acceptors (Lipinski definition) is 4. The van der Waals surface area contributed by atoms with E-state index in [0.29, 0.717) is 4.90 Å². The molecular formula is C8H14F2N2O5. The summed E-state index contributed by atoms with van der Waals surface area (Å²) in [6.45, 7) is -2.67. The highest BCUT2D eigenvalue weighted by atomic mass is 19.3. The zero-order valence-corrected chi connectivity index (χ0v) is 8.84. The predicted molar refractivity (Wildman–Crippen MR) is 51.7 cm³/mol. The zero-order chi connectivity index (χ0) is 13.4. The van der Waals surface area contributed by atoms with E-state index < -0.39 is 44.2 Å². The fourth-order valence-corrected chi connectivity index (χ4v) is 0.989. The van der Waals surface area contributed by atoms with Crippen LogP contribution in [0.1, 0.15) is 0 Å². The highest BCUT2D eigenvalue weighted by Gasteiger charge is 2.23. The second-order valence-electron chi connectivity index (χ2n) is 3.08. The number of carbonyl (C=O) groups is 2. The second kappa shape index (κ2) is 7.74.